The van der Waals surface area contributed by atoms with Crippen LogP contribution in [0, 0.1) is 5.92 Å². The summed E-state index contributed by atoms with van der Waals surface area (Å²) in [6.07, 6.45) is 1.51. The molecule has 1 aliphatic heterocycles. The van der Waals surface area contributed by atoms with Gasteiger partial charge in [-0.3, -0.25) is 14.7 Å². The van der Waals surface area contributed by atoms with Crippen LogP contribution >= 0.6 is 0 Å². The van der Waals surface area contributed by atoms with Gasteiger partial charge in [-0.1, -0.05) is 30.3 Å². The zero-order valence-corrected chi connectivity index (χ0v) is 17.2. The van der Waals surface area contributed by atoms with Gasteiger partial charge < -0.3 is 14.6 Å². The number of piperidine rings is 1. The number of aliphatic carboxylic acids is 1. The third kappa shape index (κ3) is 3.83. The van der Waals surface area contributed by atoms with E-state index in [0.29, 0.717) is 24.5 Å². The molecule has 0 bridgehead atoms. The number of methoxy groups -OCH3 is 2. The number of benzene rings is 2. The van der Waals surface area contributed by atoms with Crippen molar-refractivity contribution >= 4 is 16.9 Å². The Bertz CT molecular complexity index is 1030. The smallest absolute Gasteiger partial charge is 0.307 e. The molecule has 0 aliphatic carbocycles. The summed E-state index contributed by atoms with van der Waals surface area (Å²) in [6, 6.07) is 17.5. The van der Waals surface area contributed by atoms with E-state index in [4.69, 9.17) is 14.5 Å². The standard InChI is InChI=1S/C24H26N2O4/c1-29-20-10-5-11-21(30-2)22(20)23(26-14-6-8-17(15-26)24(27)28)19-13-12-16-7-3-4-9-18(16)25-19/h3-5,7,9-13,17,23H,6,8,14-15H2,1-2H3,(H,27,28). The van der Waals surface area contributed by atoms with Crippen molar-refractivity contribution in [2.24, 2.45) is 5.92 Å². The zero-order chi connectivity index (χ0) is 21.1. The molecule has 2 atom stereocenters. The first kappa shape index (κ1) is 20.2. The topological polar surface area (TPSA) is 71.9 Å². The fourth-order valence-corrected chi connectivity index (χ4v) is 4.34. The molecule has 2 unspecified atom stereocenters. The van der Waals surface area contributed by atoms with E-state index >= 15 is 0 Å². The van der Waals surface area contributed by atoms with Crippen molar-refractivity contribution in [2.45, 2.75) is 18.9 Å². The Balaban J connectivity index is 1.88. The lowest BCUT2D eigenvalue weighted by Gasteiger charge is -2.38. The Morgan fingerprint density at radius 2 is 1.80 bits per heavy atom. The average Bonchev–Trinajstić information content (AvgIpc) is 2.79. The number of rotatable bonds is 6. The van der Waals surface area contributed by atoms with Crippen molar-refractivity contribution in [3.63, 3.8) is 0 Å². The molecule has 0 saturated carbocycles. The first-order valence-electron chi connectivity index (χ1n) is 10.2. The van der Waals surface area contributed by atoms with E-state index in [1.54, 1.807) is 14.2 Å². The van der Waals surface area contributed by atoms with Crippen LogP contribution in [-0.4, -0.2) is 48.3 Å². The molecule has 1 saturated heterocycles. The minimum Gasteiger partial charge on any atom is -0.496 e. The molecule has 2 aromatic carbocycles. The molecule has 1 fully saturated rings. The zero-order valence-electron chi connectivity index (χ0n) is 17.2. The first-order valence-corrected chi connectivity index (χ1v) is 10.2. The molecule has 6 nitrogen and oxygen atoms in total. The van der Waals surface area contributed by atoms with Gasteiger partial charge in [0.2, 0.25) is 0 Å². The quantitative estimate of drug-likeness (QED) is 0.663. The highest BCUT2D eigenvalue weighted by molar-refractivity contribution is 5.78. The van der Waals surface area contributed by atoms with Gasteiger partial charge in [0.25, 0.3) is 0 Å². The number of carboxylic acids is 1. The summed E-state index contributed by atoms with van der Waals surface area (Å²) in [5, 5.41) is 10.7. The number of carboxylic acid groups (broad SMARTS) is 1. The van der Waals surface area contributed by atoms with Crippen LogP contribution in [0.2, 0.25) is 0 Å². The maximum Gasteiger partial charge on any atom is 0.307 e. The van der Waals surface area contributed by atoms with Gasteiger partial charge >= 0.3 is 5.97 Å². The lowest BCUT2D eigenvalue weighted by Crippen LogP contribution is -2.41. The Labute approximate surface area is 176 Å². The van der Waals surface area contributed by atoms with Crippen molar-refractivity contribution in [3.05, 3.63) is 65.9 Å². The van der Waals surface area contributed by atoms with Crippen LogP contribution in [0.3, 0.4) is 0 Å². The summed E-state index contributed by atoms with van der Waals surface area (Å²) >= 11 is 0. The van der Waals surface area contributed by atoms with Gasteiger partial charge in [0.15, 0.2) is 0 Å². The second-order valence-corrected chi connectivity index (χ2v) is 7.58. The summed E-state index contributed by atoms with van der Waals surface area (Å²) in [6.45, 7) is 1.24. The first-order chi connectivity index (χ1) is 14.6. The molecule has 0 radical (unpaired) electrons. The number of likely N-dealkylation sites (tertiary alicyclic amines) is 1. The molecule has 0 amide bonds. The van der Waals surface area contributed by atoms with Gasteiger partial charge in [-0.2, -0.15) is 0 Å². The second kappa shape index (κ2) is 8.71. The summed E-state index contributed by atoms with van der Waals surface area (Å²) in [5.74, 6) is 0.248. The number of aromatic nitrogens is 1. The molecular formula is C24H26N2O4. The average molecular weight is 406 g/mol. The lowest BCUT2D eigenvalue weighted by atomic mass is 9.92. The van der Waals surface area contributed by atoms with Gasteiger partial charge in [-0.15, -0.1) is 0 Å². The number of ether oxygens (including phenoxy) is 2. The molecule has 3 aromatic rings. The second-order valence-electron chi connectivity index (χ2n) is 7.58. The predicted molar refractivity (Wildman–Crippen MR) is 115 cm³/mol. The SMILES string of the molecule is COc1cccc(OC)c1C(c1ccc2ccccc2n1)N1CCCC(C(=O)O)C1. The number of para-hydroxylation sites is 1. The number of hydrogen-bond acceptors (Lipinski definition) is 5. The van der Waals surface area contributed by atoms with E-state index in [1.165, 1.54) is 0 Å². The maximum atomic E-state index is 11.7. The van der Waals surface area contributed by atoms with E-state index in [-0.39, 0.29) is 6.04 Å². The van der Waals surface area contributed by atoms with Crippen molar-refractivity contribution in [3.8, 4) is 11.5 Å². The summed E-state index contributed by atoms with van der Waals surface area (Å²) < 4.78 is 11.4. The molecule has 2 heterocycles. The van der Waals surface area contributed by atoms with Gasteiger partial charge in [0, 0.05) is 11.9 Å². The number of pyridine rings is 1. The maximum absolute atomic E-state index is 11.7. The molecule has 1 aliphatic rings. The van der Waals surface area contributed by atoms with Crippen LogP contribution in [0.25, 0.3) is 10.9 Å². The monoisotopic (exact) mass is 406 g/mol. The number of carbonyl (C=O) groups is 1. The fourth-order valence-electron chi connectivity index (χ4n) is 4.34. The van der Waals surface area contributed by atoms with Crippen molar-refractivity contribution in [2.75, 3.05) is 27.3 Å². The Kier molecular flexibility index (Phi) is 5.86. The molecule has 0 spiro atoms. The van der Waals surface area contributed by atoms with Crippen molar-refractivity contribution < 1.29 is 19.4 Å². The van der Waals surface area contributed by atoms with Crippen molar-refractivity contribution in [1.29, 1.82) is 0 Å². The Morgan fingerprint density at radius 3 is 2.50 bits per heavy atom. The van der Waals surface area contributed by atoms with Gasteiger partial charge in [0.1, 0.15) is 11.5 Å². The Morgan fingerprint density at radius 1 is 1.07 bits per heavy atom. The molecule has 6 heteroatoms. The number of hydrogen-bond donors (Lipinski definition) is 1. The van der Waals surface area contributed by atoms with Gasteiger partial charge in [-0.05, 0) is 43.7 Å². The largest absolute Gasteiger partial charge is 0.496 e. The van der Waals surface area contributed by atoms with Crippen LogP contribution in [0.1, 0.15) is 30.1 Å². The molecule has 156 valence electrons. The fraction of sp³-hybridized carbons (Fsp3) is 0.333. The predicted octanol–water partition coefficient (Wildman–Crippen LogP) is 4.14. The lowest BCUT2D eigenvalue weighted by molar-refractivity contribution is -0.143. The van der Waals surface area contributed by atoms with E-state index in [2.05, 4.69) is 11.0 Å². The summed E-state index contributed by atoms with van der Waals surface area (Å²) in [4.78, 5) is 18.9. The number of nitrogens with zero attached hydrogens (tertiary/aromatic N) is 2. The highest BCUT2D eigenvalue weighted by Gasteiger charge is 2.35. The summed E-state index contributed by atoms with van der Waals surface area (Å²) in [5.41, 5.74) is 2.62. The molecule has 4 rings (SSSR count). The van der Waals surface area contributed by atoms with E-state index < -0.39 is 11.9 Å². The van der Waals surface area contributed by atoms with Crippen molar-refractivity contribution in [1.82, 2.24) is 9.88 Å². The minimum absolute atomic E-state index is 0.275. The molecular weight excluding hydrogens is 380 g/mol. The molecule has 1 aromatic heterocycles. The third-order valence-electron chi connectivity index (χ3n) is 5.81. The minimum atomic E-state index is -0.753. The molecule has 1 N–H and O–H groups in total. The van der Waals surface area contributed by atoms with Gasteiger partial charge in [0.05, 0.1) is 43.0 Å². The van der Waals surface area contributed by atoms with Crippen LogP contribution in [0.5, 0.6) is 11.5 Å². The summed E-state index contributed by atoms with van der Waals surface area (Å²) in [7, 11) is 3.28. The molecule has 30 heavy (non-hydrogen) atoms. The van der Waals surface area contributed by atoms with E-state index in [9.17, 15) is 9.90 Å². The number of fused-ring (bicyclic) bond motifs is 1. The van der Waals surface area contributed by atoms with E-state index in [1.807, 2.05) is 48.5 Å². The van der Waals surface area contributed by atoms with Crippen LogP contribution in [-0.2, 0) is 4.79 Å². The van der Waals surface area contributed by atoms with Crippen LogP contribution < -0.4 is 9.47 Å². The highest BCUT2D eigenvalue weighted by Crippen LogP contribution is 2.42. The third-order valence-corrected chi connectivity index (χ3v) is 5.81. The normalized spacial score (nSPS) is 18.1. The highest BCUT2D eigenvalue weighted by atomic mass is 16.5. The van der Waals surface area contributed by atoms with E-state index in [0.717, 1.165) is 35.1 Å². The van der Waals surface area contributed by atoms with Gasteiger partial charge in [-0.25, -0.2) is 0 Å². The van der Waals surface area contributed by atoms with Crippen LogP contribution in [0.4, 0.5) is 0 Å². The van der Waals surface area contributed by atoms with Crippen LogP contribution in [0.15, 0.2) is 54.6 Å². The Hall–Kier alpha value is -3.12.